The number of piperidine rings is 1. The highest BCUT2D eigenvalue weighted by molar-refractivity contribution is 5.81. The smallest absolute Gasteiger partial charge is 0.224 e. The lowest BCUT2D eigenvalue weighted by molar-refractivity contribution is -0.132. The summed E-state index contributed by atoms with van der Waals surface area (Å²) in [6.07, 6.45) is 7.84. The van der Waals surface area contributed by atoms with Crippen LogP contribution in [-0.2, 0) is 4.79 Å². The second-order valence-corrected chi connectivity index (χ2v) is 6.88. The van der Waals surface area contributed by atoms with Gasteiger partial charge in [0.15, 0.2) is 5.96 Å². The molecule has 1 fully saturated rings. The van der Waals surface area contributed by atoms with E-state index in [2.05, 4.69) is 36.4 Å². The van der Waals surface area contributed by atoms with Crippen LogP contribution in [0.15, 0.2) is 4.99 Å². The molecule has 2 unspecified atom stereocenters. The second kappa shape index (κ2) is 11.3. The summed E-state index contributed by atoms with van der Waals surface area (Å²) in [5.74, 6) is 1.70. The van der Waals surface area contributed by atoms with Gasteiger partial charge in [0, 0.05) is 39.1 Å². The molecule has 1 aliphatic heterocycles. The molecule has 1 rings (SSSR count). The number of likely N-dealkylation sites (tertiary alicyclic amines) is 1. The second-order valence-electron chi connectivity index (χ2n) is 6.88. The normalized spacial score (nSPS) is 20.3. The Bertz CT molecular complexity index is 370. The zero-order valence-electron chi connectivity index (χ0n) is 15.5. The third-order valence-corrected chi connectivity index (χ3v) is 4.49. The number of hydrogen-bond acceptors (Lipinski definition) is 2. The molecule has 0 aromatic carbocycles. The van der Waals surface area contributed by atoms with Gasteiger partial charge < -0.3 is 15.5 Å². The Labute approximate surface area is 142 Å². The number of carbonyl (C=O) groups is 1. The van der Waals surface area contributed by atoms with Gasteiger partial charge in [-0.05, 0) is 32.1 Å². The number of carbonyl (C=O) groups excluding carboxylic acids is 1. The van der Waals surface area contributed by atoms with E-state index in [0.29, 0.717) is 24.9 Å². The van der Waals surface area contributed by atoms with E-state index in [4.69, 9.17) is 0 Å². The largest absolute Gasteiger partial charge is 0.356 e. The number of rotatable bonds is 8. The van der Waals surface area contributed by atoms with E-state index < -0.39 is 0 Å². The van der Waals surface area contributed by atoms with Crippen molar-refractivity contribution in [3.05, 3.63) is 0 Å². The van der Waals surface area contributed by atoms with Crippen LogP contribution in [0.3, 0.4) is 0 Å². The molecule has 0 spiro atoms. The first-order valence-electron chi connectivity index (χ1n) is 9.31. The van der Waals surface area contributed by atoms with Crippen molar-refractivity contribution >= 4 is 11.9 Å². The fraction of sp³-hybridized carbons (Fsp3) is 0.889. The van der Waals surface area contributed by atoms with Crippen LogP contribution in [-0.4, -0.2) is 49.5 Å². The van der Waals surface area contributed by atoms with Crippen LogP contribution >= 0.6 is 0 Å². The molecule has 0 bridgehead atoms. The summed E-state index contributed by atoms with van der Waals surface area (Å²) < 4.78 is 0. The van der Waals surface area contributed by atoms with Gasteiger partial charge in [0.05, 0.1) is 0 Å². The van der Waals surface area contributed by atoms with Crippen molar-refractivity contribution in [1.82, 2.24) is 15.5 Å². The van der Waals surface area contributed by atoms with E-state index >= 15 is 0 Å². The minimum absolute atomic E-state index is 0.260. The molecule has 134 valence electrons. The molecule has 0 radical (unpaired) electrons. The predicted molar refractivity (Wildman–Crippen MR) is 97.7 cm³/mol. The lowest BCUT2D eigenvalue weighted by Crippen LogP contribution is -2.44. The molecule has 1 heterocycles. The third-order valence-electron chi connectivity index (χ3n) is 4.49. The zero-order valence-corrected chi connectivity index (χ0v) is 15.5. The maximum atomic E-state index is 12.2. The average molecular weight is 325 g/mol. The minimum Gasteiger partial charge on any atom is -0.356 e. The monoisotopic (exact) mass is 324 g/mol. The van der Waals surface area contributed by atoms with Crippen molar-refractivity contribution in [2.24, 2.45) is 10.9 Å². The molecular weight excluding hydrogens is 288 g/mol. The minimum atomic E-state index is 0.260. The van der Waals surface area contributed by atoms with Gasteiger partial charge in [-0.2, -0.15) is 0 Å². The fourth-order valence-electron chi connectivity index (χ4n) is 3.06. The van der Waals surface area contributed by atoms with Crippen LogP contribution in [0, 0.1) is 5.92 Å². The summed E-state index contributed by atoms with van der Waals surface area (Å²) in [6, 6.07) is 0.409. The first-order chi connectivity index (χ1) is 11.1. The Morgan fingerprint density at radius 3 is 2.83 bits per heavy atom. The van der Waals surface area contributed by atoms with E-state index in [1.54, 1.807) is 7.05 Å². The van der Waals surface area contributed by atoms with E-state index in [1.807, 2.05) is 4.90 Å². The maximum Gasteiger partial charge on any atom is 0.224 e. The molecule has 0 saturated carbocycles. The van der Waals surface area contributed by atoms with Crippen molar-refractivity contribution in [1.29, 1.82) is 0 Å². The molecule has 0 aromatic rings. The number of amides is 1. The number of nitrogens with one attached hydrogen (secondary N) is 2. The van der Waals surface area contributed by atoms with Crippen LogP contribution in [0.25, 0.3) is 0 Å². The van der Waals surface area contributed by atoms with Crippen molar-refractivity contribution in [3.8, 4) is 0 Å². The van der Waals surface area contributed by atoms with Gasteiger partial charge in [0.25, 0.3) is 0 Å². The fourth-order valence-corrected chi connectivity index (χ4v) is 3.06. The van der Waals surface area contributed by atoms with Crippen molar-refractivity contribution in [2.45, 2.75) is 71.8 Å². The average Bonchev–Trinajstić information content (AvgIpc) is 2.54. The lowest BCUT2D eigenvalue weighted by atomic mass is 10.00. The summed E-state index contributed by atoms with van der Waals surface area (Å²) in [7, 11) is 1.78. The van der Waals surface area contributed by atoms with Crippen LogP contribution in [0.4, 0.5) is 0 Å². The van der Waals surface area contributed by atoms with E-state index in [-0.39, 0.29) is 5.91 Å². The molecule has 23 heavy (non-hydrogen) atoms. The van der Waals surface area contributed by atoms with Crippen molar-refractivity contribution < 1.29 is 4.79 Å². The molecule has 1 aliphatic rings. The molecule has 1 amide bonds. The van der Waals surface area contributed by atoms with Crippen LogP contribution < -0.4 is 10.6 Å². The molecule has 1 saturated heterocycles. The number of hydrogen-bond donors (Lipinski definition) is 2. The number of unbranched alkanes of at least 4 members (excludes halogenated alkanes) is 2. The first kappa shape index (κ1) is 19.8. The highest BCUT2D eigenvalue weighted by Crippen LogP contribution is 2.15. The Hall–Kier alpha value is -1.26. The number of guanidine groups is 1. The van der Waals surface area contributed by atoms with Gasteiger partial charge in [-0.25, -0.2) is 0 Å². The summed E-state index contributed by atoms with van der Waals surface area (Å²) in [4.78, 5) is 18.5. The van der Waals surface area contributed by atoms with Gasteiger partial charge in [-0.3, -0.25) is 9.79 Å². The Morgan fingerprint density at radius 1 is 1.39 bits per heavy atom. The Morgan fingerprint density at radius 2 is 2.17 bits per heavy atom. The molecule has 0 aromatic heterocycles. The lowest BCUT2D eigenvalue weighted by Gasteiger charge is -2.31. The zero-order chi connectivity index (χ0) is 17.1. The van der Waals surface area contributed by atoms with Crippen LogP contribution in [0.5, 0.6) is 0 Å². The summed E-state index contributed by atoms with van der Waals surface area (Å²) in [5.41, 5.74) is 0. The van der Waals surface area contributed by atoms with Crippen molar-refractivity contribution in [3.63, 3.8) is 0 Å². The summed E-state index contributed by atoms with van der Waals surface area (Å²) >= 11 is 0. The van der Waals surface area contributed by atoms with E-state index in [0.717, 1.165) is 31.9 Å². The maximum absolute atomic E-state index is 12.2. The Kier molecular flexibility index (Phi) is 9.72. The molecule has 2 N–H and O–H groups in total. The standard InChI is InChI=1S/C18H36N4O/c1-5-6-7-10-16(3)21-18(19-4)20-12-11-17(23)22-13-8-9-15(2)14-22/h15-16H,5-14H2,1-4H3,(H2,19,20,21). The SMILES string of the molecule is CCCCCC(C)NC(=NC)NCCC(=O)N1CCCC(C)C1. The topological polar surface area (TPSA) is 56.7 Å². The summed E-state index contributed by atoms with van der Waals surface area (Å²) in [5, 5.41) is 6.66. The molecule has 2 atom stereocenters. The first-order valence-corrected chi connectivity index (χ1v) is 9.31. The van der Waals surface area contributed by atoms with Crippen LogP contribution in [0.1, 0.15) is 65.7 Å². The molecule has 0 aliphatic carbocycles. The third kappa shape index (κ3) is 8.24. The van der Waals surface area contributed by atoms with Crippen molar-refractivity contribution in [2.75, 3.05) is 26.7 Å². The number of nitrogens with zero attached hydrogens (tertiary/aromatic N) is 2. The van der Waals surface area contributed by atoms with Gasteiger partial charge >= 0.3 is 0 Å². The van der Waals surface area contributed by atoms with Gasteiger partial charge in [-0.15, -0.1) is 0 Å². The van der Waals surface area contributed by atoms with Gasteiger partial charge in [-0.1, -0.05) is 33.1 Å². The molecule has 5 nitrogen and oxygen atoms in total. The van der Waals surface area contributed by atoms with Gasteiger partial charge in [0.2, 0.25) is 5.91 Å². The highest BCUT2D eigenvalue weighted by atomic mass is 16.2. The molecular formula is C18H36N4O. The quantitative estimate of drug-likeness (QED) is 0.410. The van der Waals surface area contributed by atoms with Gasteiger partial charge in [0.1, 0.15) is 0 Å². The predicted octanol–water partition coefficient (Wildman–Crippen LogP) is 2.77. The Balaban J connectivity index is 2.22. The van der Waals surface area contributed by atoms with Crippen LogP contribution in [0.2, 0.25) is 0 Å². The molecule has 5 heteroatoms. The van der Waals surface area contributed by atoms with E-state index in [1.165, 1.54) is 25.7 Å². The highest BCUT2D eigenvalue weighted by Gasteiger charge is 2.20. The van der Waals surface area contributed by atoms with E-state index in [9.17, 15) is 4.79 Å². The summed E-state index contributed by atoms with van der Waals surface area (Å²) in [6.45, 7) is 9.11. The number of aliphatic imine (C=N–C) groups is 1.